The van der Waals surface area contributed by atoms with Crippen molar-refractivity contribution in [1.29, 1.82) is 0 Å². The first kappa shape index (κ1) is 14.6. The molecule has 0 amide bonds. The highest BCUT2D eigenvalue weighted by molar-refractivity contribution is 5.94. The van der Waals surface area contributed by atoms with E-state index >= 15 is 0 Å². The number of aromatic nitrogens is 1. The lowest BCUT2D eigenvalue weighted by Gasteiger charge is -2.25. The predicted octanol–water partition coefficient (Wildman–Crippen LogP) is 3.08. The Morgan fingerprint density at radius 3 is 2.95 bits per heavy atom. The van der Waals surface area contributed by atoms with Crippen molar-refractivity contribution in [2.45, 2.75) is 38.8 Å². The van der Waals surface area contributed by atoms with Crippen LogP contribution in [0.5, 0.6) is 5.75 Å². The monoisotopic (exact) mass is 300 g/mol. The Morgan fingerprint density at radius 2 is 2.23 bits per heavy atom. The Morgan fingerprint density at radius 1 is 1.41 bits per heavy atom. The Balaban J connectivity index is 2.06. The number of hydrogen-bond acceptors (Lipinski definition) is 4. The number of pyridine rings is 1. The van der Waals surface area contributed by atoms with Gasteiger partial charge in [0.1, 0.15) is 11.8 Å². The summed E-state index contributed by atoms with van der Waals surface area (Å²) in [6, 6.07) is 7.21. The van der Waals surface area contributed by atoms with E-state index in [2.05, 4.69) is 4.98 Å². The minimum absolute atomic E-state index is 0.0936. The van der Waals surface area contributed by atoms with Crippen LogP contribution in [0.25, 0.3) is 10.9 Å². The van der Waals surface area contributed by atoms with Crippen molar-refractivity contribution in [3.8, 4) is 5.75 Å². The van der Waals surface area contributed by atoms with Gasteiger partial charge in [-0.2, -0.15) is 0 Å². The van der Waals surface area contributed by atoms with Gasteiger partial charge in [-0.25, -0.2) is 4.79 Å². The summed E-state index contributed by atoms with van der Waals surface area (Å²) < 4.78 is 5.75. The number of rotatable bonds is 4. The number of hydrogen-bond donors (Lipinski definition) is 1. The van der Waals surface area contributed by atoms with Crippen molar-refractivity contribution in [3.63, 3.8) is 0 Å². The molecule has 0 saturated carbocycles. The van der Waals surface area contributed by atoms with E-state index in [9.17, 15) is 9.90 Å². The van der Waals surface area contributed by atoms with Crippen LogP contribution in [0.15, 0.2) is 30.5 Å². The maximum atomic E-state index is 11.5. The average Bonchev–Trinajstić information content (AvgIpc) is 2.95. The second-order valence-electron chi connectivity index (χ2n) is 5.87. The van der Waals surface area contributed by atoms with Crippen molar-refractivity contribution < 1.29 is 14.6 Å². The zero-order valence-corrected chi connectivity index (χ0v) is 12.8. The summed E-state index contributed by atoms with van der Waals surface area (Å²) in [5, 5.41) is 10.3. The quantitative estimate of drug-likeness (QED) is 0.940. The maximum Gasteiger partial charge on any atom is 0.326 e. The zero-order valence-electron chi connectivity index (χ0n) is 12.8. The first-order valence-corrected chi connectivity index (χ1v) is 7.61. The van der Waals surface area contributed by atoms with Crippen molar-refractivity contribution in [2.24, 2.45) is 0 Å². The van der Waals surface area contributed by atoms with Crippen molar-refractivity contribution >= 4 is 22.6 Å². The van der Waals surface area contributed by atoms with Crippen LogP contribution in [0.2, 0.25) is 0 Å². The van der Waals surface area contributed by atoms with Gasteiger partial charge in [0.25, 0.3) is 0 Å². The van der Waals surface area contributed by atoms with Crippen LogP contribution in [0, 0.1) is 0 Å². The first-order valence-electron chi connectivity index (χ1n) is 7.61. The number of fused-ring (bicyclic) bond motifs is 1. The van der Waals surface area contributed by atoms with Crippen LogP contribution in [0.1, 0.15) is 26.7 Å². The summed E-state index contributed by atoms with van der Waals surface area (Å²) in [5.74, 6) is 0.0138. The molecular weight excluding hydrogens is 280 g/mol. The van der Waals surface area contributed by atoms with Crippen molar-refractivity contribution in [3.05, 3.63) is 30.5 Å². The zero-order chi connectivity index (χ0) is 15.7. The molecule has 1 aliphatic heterocycles. The summed E-state index contributed by atoms with van der Waals surface area (Å²) in [6.45, 7) is 4.72. The molecule has 1 N–H and O–H groups in total. The van der Waals surface area contributed by atoms with Gasteiger partial charge in [0.2, 0.25) is 0 Å². The fourth-order valence-electron chi connectivity index (χ4n) is 3.02. The standard InChI is InChI=1S/C17H20N2O3/c1-11(2)22-12-5-6-14-13(10-12)15(7-8-18-14)19-9-3-4-16(19)17(20)21/h5-8,10-11,16H,3-4,9H2,1-2H3,(H,20,21)/t16-/m1/s1. The molecule has 1 saturated heterocycles. The van der Waals surface area contributed by atoms with Crippen molar-refractivity contribution in [2.75, 3.05) is 11.4 Å². The molecule has 1 atom stereocenters. The Kier molecular flexibility index (Phi) is 3.88. The Bertz CT molecular complexity index is 699. The SMILES string of the molecule is CC(C)Oc1ccc2nccc(N3CCC[C@@H]3C(=O)O)c2c1. The molecule has 5 heteroatoms. The molecule has 3 rings (SSSR count). The summed E-state index contributed by atoms with van der Waals surface area (Å²) in [6.07, 6.45) is 3.40. The van der Waals surface area contributed by atoms with Gasteiger partial charge in [-0.3, -0.25) is 4.98 Å². The fraction of sp³-hybridized carbons (Fsp3) is 0.412. The maximum absolute atomic E-state index is 11.5. The topological polar surface area (TPSA) is 62.7 Å². The number of nitrogens with zero attached hydrogens (tertiary/aromatic N) is 2. The number of ether oxygens (including phenoxy) is 1. The smallest absolute Gasteiger partial charge is 0.326 e. The molecule has 116 valence electrons. The molecule has 5 nitrogen and oxygen atoms in total. The van der Waals surface area contributed by atoms with Crippen molar-refractivity contribution in [1.82, 2.24) is 4.98 Å². The number of carboxylic acid groups (broad SMARTS) is 1. The molecule has 0 aliphatic carbocycles. The van der Waals surface area contributed by atoms with Gasteiger partial charge in [0.15, 0.2) is 0 Å². The lowest BCUT2D eigenvalue weighted by molar-refractivity contribution is -0.138. The van der Waals surface area contributed by atoms with Crippen LogP contribution in [-0.4, -0.2) is 34.8 Å². The second-order valence-corrected chi connectivity index (χ2v) is 5.87. The Labute approximate surface area is 129 Å². The van der Waals surface area contributed by atoms with E-state index in [-0.39, 0.29) is 6.10 Å². The van der Waals surface area contributed by atoms with Crippen LogP contribution in [-0.2, 0) is 4.79 Å². The van der Waals surface area contributed by atoms with E-state index in [1.165, 1.54) is 0 Å². The third kappa shape index (κ3) is 2.71. The molecule has 22 heavy (non-hydrogen) atoms. The van der Waals surface area contributed by atoms with Crippen LogP contribution >= 0.6 is 0 Å². The second kappa shape index (κ2) is 5.83. The largest absolute Gasteiger partial charge is 0.491 e. The van der Waals surface area contributed by atoms with Crippen LogP contribution in [0.3, 0.4) is 0 Å². The van der Waals surface area contributed by atoms with Crippen LogP contribution in [0.4, 0.5) is 5.69 Å². The molecule has 2 aromatic rings. The minimum atomic E-state index is -0.767. The van der Waals surface area contributed by atoms with Gasteiger partial charge in [0, 0.05) is 23.8 Å². The fourth-order valence-corrected chi connectivity index (χ4v) is 3.02. The highest BCUT2D eigenvalue weighted by Crippen LogP contribution is 2.33. The molecule has 1 aliphatic rings. The molecule has 0 spiro atoms. The summed E-state index contributed by atoms with van der Waals surface area (Å²) in [5.41, 5.74) is 1.77. The number of carboxylic acids is 1. The van der Waals surface area contributed by atoms with E-state index in [0.717, 1.165) is 35.3 Å². The first-order chi connectivity index (χ1) is 10.6. The summed E-state index contributed by atoms with van der Waals surface area (Å²) >= 11 is 0. The van der Waals surface area contributed by atoms with E-state index in [1.807, 2.05) is 43.0 Å². The van der Waals surface area contributed by atoms with Gasteiger partial charge in [-0.15, -0.1) is 0 Å². The predicted molar refractivity (Wildman–Crippen MR) is 85.5 cm³/mol. The Hall–Kier alpha value is -2.30. The molecule has 1 aromatic heterocycles. The number of carbonyl (C=O) groups is 1. The van der Waals surface area contributed by atoms with Gasteiger partial charge < -0.3 is 14.7 Å². The molecule has 2 heterocycles. The van der Waals surface area contributed by atoms with E-state index in [4.69, 9.17) is 4.74 Å². The lowest BCUT2D eigenvalue weighted by atomic mass is 10.1. The van der Waals surface area contributed by atoms with Crippen LogP contribution < -0.4 is 9.64 Å². The number of benzene rings is 1. The van der Waals surface area contributed by atoms with Gasteiger partial charge in [0.05, 0.1) is 11.6 Å². The third-order valence-electron chi connectivity index (χ3n) is 3.91. The molecule has 0 bridgehead atoms. The summed E-state index contributed by atoms with van der Waals surface area (Å²) in [4.78, 5) is 17.8. The van der Waals surface area contributed by atoms with Gasteiger partial charge >= 0.3 is 5.97 Å². The van der Waals surface area contributed by atoms with E-state index in [0.29, 0.717) is 6.42 Å². The molecule has 0 radical (unpaired) electrons. The highest BCUT2D eigenvalue weighted by atomic mass is 16.5. The average molecular weight is 300 g/mol. The van der Waals surface area contributed by atoms with Gasteiger partial charge in [-0.1, -0.05) is 0 Å². The molecule has 1 fully saturated rings. The summed E-state index contributed by atoms with van der Waals surface area (Å²) in [7, 11) is 0. The van der Waals surface area contributed by atoms with E-state index < -0.39 is 12.0 Å². The normalized spacial score (nSPS) is 18.1. The third-order valence-corrected chi connectivity index (χ3v) is 3.91. The number of anilines is 1. The lowest BCUT2D eigenvalue weighted by Crippen LogP contribution is -2.36. The highest BCUT2D eigenvalue weighted by Gasteiger charge is 2.31. The molecular formula is C17H20N2O3. The number of aliphatic carboxylic acids is 1. The van der Waals surface area contributed by atoms with E-state index in [1.54, 1.807) is 6.20 Å². The van der Waals surface area contributed by atoms with Gasteiger partial charge in [-0.05, 0) is 51.0 Å². The minimum Gasteiger partial charge on any atom is -0.491 e. The molecule has 0 unspecified atom stereocenters. The molecule has 1 aromatic carbocycles.